The Bertz CT molecular complexity index is 1420. The van der Waals surface area contributed by atoms with Crippen LogP contribution in [0.5, 0.6) is 0 Å². The van der Waals surface area contributed by atoms with Crippen LogP contribution in [-0.4, -0.2) is 52.5 Å². The zero-order valence-corrected chi connectivity index (χ0v) is 22.0. The van der Waals surface area contributed by atoms with Crippen molar-refractivity contribution in [3.63, 3.8) is 0 Å². The number of thiophene rings is 1. The minimum Gasteiger partial charge on any atom is -0.366 e. The van der Waals surface area contributed by atoms with Gasteiger partial charge in [-0.25, -0.2) is 4.39 Å². The van der Waals surface area contributed by atoms with Crippen molar-refractivity contribution in [1.29, 1.82) is 0 Å². The van der Waals surface area contributed by atoms with Crippen LogP contribution >= 0.6 is 22.9 Å². The molecule has 4 aliphatic rings. The molecule has 9 heteroatoms. The van der Waals surface area contributed by atoms with E-state index in [0.29, 0.717) is 43.3 Å². The fourth-order valence-electron chi connectivity index (χ4n) is 6.79. The lowest BCUT2D eigenvalue weighted by Gasteiger charge is -2.43. The largest absolute Gasteiger partial charge is 0.366 e. The van der Waals surface area contributed by atoms with Gasteiger partial charge in [-0.15, -0.1) is 11.3 Å². The zero-order valence-electron chi connectivity index (χ0n) is 20.4. The van der Waals surface area contributed by atoms with Crippen molar-refractivity contribution in [2.24, 2.45) is 0 Å². The summed E-state index contributed by atoms with van der Waals surface area (Å²) < 4.78 is 14.8. The van der Waals surface area contributed by atoms with Gasteiger partial charge in [-0.3, -0.25) is 19.5 Å². The number of carbonyl (C=O) groups excluding carboxylic acids is 2. The Labute approximate surface area is 223 Å². The molecule has 1 aliphatic carbocycles. The van der Waals surface area contributed by atoms with Gasteiger partial charge in [0.15, 0.2) is 0 Å². The van der Waals surface area contributed by atoms with Crippen LogP contribution in [0, 0.1) is 0 Å². The third-order valence-corrected chi connectivity index (χ3v) is 9.87. The molecule has 2 amide bonds. The summed E-state index contributed by atoms with van der Waals surface area (Å²) in [5.41, 5.74) is 5.45. The van der Waals surface area contributed by atoms with Crippen LogP contribution < -0.4 is 10.2 Å². The molecule has 3 aromatic rings. The van der Waals surface area contributed by atoms with Gasteiger partial charge in [0.25, 0.3) is 0 Å². The summed E-state index contributed by atoms with van der Waals surface area (Å²) in [7, 11) is 0. The summed E-state index contributed by atoms with van der Waals surface area (Å²) in [6.07, 6.45) is 5.95. The van der Waals surface area contributed by atoms with E-state index in [2.05, 4.69) is 27.3 Å². The molecule has 1 spiro atoms. The quantitative estimate of drug-likeness (QED) is 0.460. The summed E-state index contributed by atoms with van der Waals surface area (Å²) in [5, 5.41) is 4.36. The molecular weight excluding hydrogens is 511 g/mol. The van der Waals surface area contributed by atoms with Crippen molar-refractivity contribution < 1.29 is 14.0 Å². The van der Waals surface area contributed by atoms with Crippen molar-refractivity contribution >= 4 is 50.7 Å². The third-order valence-electron chi connectivity index (χ3n) is 8.51. The second-order valence-electron chi connectivity index (χ2n) is 10.9. The predicted molar refractivity (Wildman–Crippen MR) is 144 cm³/mol. The lowest BCUT2D eigenvalue weighted by molar-refractivity contribution is -0.138. The van der Waals surface area contributed by atoms with Crippen molar-refractivity contribution in [3.8, 4) is 11.1 Å². The maximum atomic E-state index is 13.8. The molecule has 0 radical (unpaired) electrons. The van der Waals surface area contributed by atoms with Gasteiger partial charge in [-0.05, 0) is 61.9 Å². The predicted octanol–water partition coefficient (Wildman–Crippen LogP) is 5.25. The molecule has 5 heterocycles. The molecular formula is C28H28ClFN4O2S. The first-order valence-corrected chi connectivity index (χ1v) is 14.3. The SMILES string of the molecule is O=C1CCC(=O)N1Cc1cc2nccc(-c3cc(Cl)cc4c3N([C@@H]3CNC5(CC(F)C5)C3)CCC4)c2s1. The normalized spacial score (nSPS) is 27.4. The molecule has 1 saturated carbocycles. The van der Waals surface area contributed by atoms with E-state index < -0.39 is 6.17 Å². The van der Waals surface area contributed by atoms with E-state index >= 15 is 0 Å². The Morgan fingerprint density at radius 1 is 1.11 bits per heavy atom. The number of hydrogen-bond acceptors (Lipinski definition) is 6. The van der Waals surface area contributed by atoms with Gasteiger partial charge in [-0.2, -0.15) is 0 Å². The highest BCUT2D eigenvalue weighted by molar-refractivity contribution is 7.19. The van der Waals surface area contributed by atoms with Gasteiger partial charge in [0.05, 0.1) is 16.8 Å². The number of nitrogens with one attached hydrogen (secondary N) is 1. The van der Waals surface area contributed by atoms with Gasteiger partial charge >= 0.3 is 0 Å². The zero-order chi connectivity index (χ0) is 25.3. The highest BCUT2D eigenvalue weighted by atomic mass is 35.5. The van der Waals surface area contributed by atoms with E-state index in [1.807, 2.05) is 18.3 Å². The molecule has 192 valence electrons. The first kappa shape index (κ1) is 23.6. The number of halogens is 2. The van der Waals surface area contributed by atoms with E-state index in [0.717, 1.165) is 58.6 Å². The van der Waals surface area contributed by atoms with Crippen LogP contribution in [0.1, 0.15) is 49.0 Å². The van der Waals surface area contributed by atoms with E-state index in [-0.39, 0.29) is 17.4 Å². The number of pyridine rings is 1. The Hall–Kier alpha value is -2.55. The Balaban J connectivity index is 1.29. The number of benzene rings is 1. The second kappa shape index (κ2) is 8.75. The van der Waals surface area contributed by atoms with Gasteiger partial charge in [0.1, 0.15) is 6.17 Å². The molecule has 3 aliphatic heterocycles. The molecule has 1 aromatic carbocycles. The first-order chi connectivity index (χ1) is 17.9. The number of nitrogens with zero attached hydrogens (tertiary/aromatic N) is 3. The molecule has 7 rings (SSSR count). The molecule has 2 saturated heterocycles. The molecule has 0 bridgehead atoms. The van der Waals surface area contributed by atoms with Crippen LogP contribution in [0.4, 0.5) is 10.1 Å². The minimum atomic E-state index is -0.682. The number of aryl methyl sites for hydroxylation is 1. The van der Waals surface area contributed by atoms with E-state index in [1.54, 1.807) is 11.3 Å². The summed E-state index contributed by atoms with van der Waals surface area (Å²) in [6, 6.07) is 8.50. The molecule has 1 N–H and O–H groups in total. The number of likely N-dealkylation sites (tertiary alicyclic amines) is 1. The average Bonchev–Trinajstić information content (AvgIpc) is 3.56. The molecule has 37 heavy (non-hydrogen) atoms. The Morgan fingerprint density at radius 3 is 2.70 bits per heavy atom. The molecule has 3 fully saturated rings. The van der Waals surface area contributed by atoms with Crippen molar-refractivity contribution in [3.05, 3.63) is 45.9 Å². The average molecular weight is 539 g/mol. The Morgan fingerprint density at radius 2 is 1.92 bits per heavy atom. The smallest absolute Gasteiger partial charge is 0.230 e. The van der Waals surface area contributed by atoms with Gasteiger partial charge in [-0.1, -0.05) is 11.6 Å². The Kier molecular flexibility index (Phi) is 5.57. The summed E-state index contributed by atoms with van der Waals surface area (Å²) in [4.78, 5) is 33.8. The van der Waals surface area contributed by atoms with Gasteiger partial charge < -0.3 is 10.2 Å². The van der Waals surface area contributed by atoms with Crippen molar-refractivity contribution in [2.75, 3.05) is 18.0 Å². The maximum absolute atomic E-state index is 13.8. The van der Waals surface area contributed by atoms with E-state index in [9.17, 15) is 14.0 Å². The molecule has 2 aromatic heterocycles. The summed E-state index contributed by atoms with van der Waals surface area (Å²) >= 11 is 8.26. The number of alkyl halides is 1. The number of anilines is 1. The fourth-order valence-corrected chi connectivity index (χ4v) is 8.16. The van der Waals surface area contributed by atoms with Crippen LogP contribution in [0.2, 0.25) is 5.02 Å². The number of amides is 2. The topological polar surface area (TPSA) is 65.5 Å². The van der Waals surface area contributed by atoms with Gasteiger partial charge in [0, 0.05) is 70.4 Å². The maximum Gasteiger partial charge on any atom is 0.230 e. The van der Waals surface area contributed by atoms with Crippen LogP contribution in [-0.2, 0) is 22.6 Å². The monoisotopic (exact) mass is 538 g/mol. The standard InChI is InChI=1S/C28H28ClFN4O2S/c29-17-8-16-2-1-7-33(19-13-28(32-14-19)11-18(30)12-28)26(16)22(9-17)21-5-6-31-23-10-20(37-27(21)23)15-34-24(35)3-4-25(34)36/h5-6,8-10,18-19,32H,1-4,7,11-15H2/t18?,19-,28?/m0/s1. The highest BCUT2D eigenvalue weighted by Crippen LogP contribution is 2.47. The third kappa shape index (κ3) is 3.96. The fraction of sp³-hybridized carbons (Fsp3) is 0.464. The molecule has 0 unspecified atom stereocenters. The number of carbonyl (C=O) groups is 2. The number of imide groups is 1. The number of fused-ring (bicyclic) bond motifs is 2. The highest BCUT2D eigenvalue weighted by Gasteiger charge is 2.50. The lowest BCUT2D eigenvalue weighted by atomic mass is 9.73. The van der Waals surface area contributed by atoms with Crippen LogP contribution in [0.25, 0.3) is 21.3 Å². The number of hydrogen-bond donors (Lipinski definition) is 1. The number of rotatable bonds is 4. The van der Waals surface area contributed by atoms with Gasteiger partial charge in [0.2, 0.25) is 11.8 Å². The second-order valence-corrected chi connectivity index (χ2v) is 12.5. The molecule has 6 nitrogen and oxygen atoms in total. The molecule has 1 atom stereocenters. The number of aromatic nitrogens is 1. The minimum absolute atomic E-state index is 0.0503. The van der Waals surface area contributed by atoms with Crippen LogP contribution in [0.15, 0.2) is 30.5 Å². The van der Waals surface area contributed by atoms with E-state index in [4.69, 9.17) is 11.6 Å². The van der Waals surface area contributed by atoms with Crippen LogP contribution in [0.3, 0.4) is 0 Å². The van der Waals surface area contributed by atoms with Crippen molar-refractivity contribution in [1.82, 2.24) is 15.2 Å². The lowest BCUT2D eigenvalue weighted by Crippen LogP contribution is -2.52. The van der Waals surface area contributed by atoms with Crippen molar-refractivity contribution in [2.45, 2.75) is 69.2 Å². The summed E-state index contributed by atoms with van der Waals surface area (Å²) in [6.45, 7) is 2.12. The van der Waals surface area contributed by atoms with E-state index in [1.165, 1.54) is 16.2 Å². The first-order valence-electron chi connectivity index (χ1n) is 13.1. The summed E-state index contributed by atoms with van der Waals surface area (Å²) in [5.74, 6) is -0.215.